The Hall–Kier alpha value is -0.580. The number of aryl methyl sites for hydroxylation is 1. The molecule has 1 aromatic rings. The fraction of sp³-hybridized carbons (Fsp3) is 0.571. The molecule has 0 aliphatic carbocycles. The van der Waals surface area contributed by atoms with Crippen molar-refractivity contribution in [3.63, 3.8) is 0 Å². The first-order chi connectivity index (χ1) is 8.70. The lowest BCUT2D eigenvalue weighted by molar-refractivity contribution is 0.166. The number of benzene rings is 1. The van der Waals surface area contributed by atoms with E-state index in [1.165, 1.54) is 11.1 Å². The van der Waals surface area contributed by atoms with Crippen molar-refractivity contribution in [2.75, 3.05) is 26.9 Å². The molecule has 1 atom stereocenters. The van der Waals surface area contributed by atoms with Crippen LogP contribution >= 0.6 is 15.9 Å². The highest BCUT2D eigenvalue weighted by atomic mass is 79.9. The minimum absolute atomic E-state index is 0.537. The van der Waals surface area contributed by atoms with E-state index in [1.807, 2.05) is 7.05 Å². The van der Waals surface area contributed by atoms with Gasteiger partial charge in [-0.15, -0.1) is 0 Å². The maximum atomic E-state index is 6.02. The summed E-state index contributed by atoms with van der Waals surface area (Å²) in [6, 6.07) is 4.21. The van der Waals surface area contributed by atoms with E-state index in [1.54, 1.807) is 0 Å². The van der Waals surface area contributed by atoms with E-state index in [9.17, 15) is 0 Å². The maximum absolute atomic E-state index is 6.02. The van der Waals surface area contributed by atoms with Gasteiger partial charge in [0.15, 0.2) is 0 Å². The second-order valence-corrected chi connectivity index (χ2v) is 5.70. The molecule has 1 aromatic carbocycles. The number of hydrogen-bond donors (Lipinski definition) is 1. The zero-order valence-electron chi connectivity index (χ0n) is 11.0. The van der Waals surface area contributed by atoms with Crippen LogP contribution in [0.5, 0.6) is 5.75 Å². The van der Waals surface area contributed by atoms with Gasteiger partial charge in [0.05, 0.1) is 13.2 Å². The summed E-state index contributed by atoms with van der Waals surface area (Å²) in [5.74, 6) is 1.55. The zero-order valence-corrected chi connectivity index (χ0v) is 12.5. The Morgan fingerprint density at radius 2 is 2.33 bits per heavy atom. The smallest absolute Gasteiger partial charge is 0.126 e. The van der Waals surface area contributed by atoms with Gasteiger partial charge in [0.25, 0.3) is 0 Å². The quantitative estimate of drug-likeness (QED) is 0.906. The van der Waals surface area contributed by atoms with E-state index in [2.05, 4.69) is 40.3 Å². The SMILES string of the molecule is CNCc1cc(Br)cc(C)c1OCC1CCOC1. The molecule has 4 heteroatoms. The third-order valence-electron chi connectivity index (χ3n) is 3.17. The topological polar surface area (TPSA) is 30.5 Å². The fourth-order valence-corrected chi connectivity index (χ4v) is 2.86. The normalized spacial score (nSPS) is 19.2. The van der Waals surface area contributed by atoms with Crippen molar-refractivity contribution >= 4 is 15.9 Å². The van der Waals surface area contributed by atoms with Gasteiger partial charge < -0.3 is 14.8 Å². The Morgan fingerprint density at radius 1 is 1.50 bits per heavy atom. The highest BCUT2D eigenvalue weighted by molar-refractivity contribution is 9.10. The second kappa shape index (κ2) is 6.55. The van der Waals surface area contributed by atoms with Crippen LogP contribution in [0, 0.1) is 12.8 Å². The molecule has 1 heterocycles. The van der Waals surface area contributed by atoms with Crippen LogP contribution < -0.4 is 10.1 Å². The Morgan fingerprint density at radius 3 is 3.00 bits per heavy atom. The molecule has 0 spiro atoms. The lowest BCUT2D eigenvalue weighted by Gasteiger charge is -2.17. The van der Waals surface area contributed by atoms with Crippen LogP contribution in [0.1, 0.15) is 17.5 Å². The second-order valence-electron chi connectivity index (χ2n) is 4.78. The van der Waals surface area contributed by atoms with Crippen LogP contribution in [0.2, 0.25) is 0 Å². The maximum Gasteiger partial charge on any atom is 0.126 e. The van der Waals surface area contributed by atoms with Crippen LogP contribution in [0.25, 0.3) is 0 Å². The Kier molecular flexibility index (Phi) is 5.03. The molecule has 2 rings (SSSR count). The summed E-state index contributed by atoms with van der Waals surface area (Å²) < 4.78 is 12.5. The molecule has 0 radical (unpaired) electrons. The molecule has 100 valence electrons. The molecule has 1 aliphatic heterocycles. The van der Waals surface area contributed by atoms with Crippen LogP contribution in [0.15, 0.2) is 16.6 Å². The molecular weight excluding hydrogens is 294 g/mol. The van der Waals surface area contributed by atoms with E-state index >= 15 is 0 Å². The molecule has 0 aromatic heterocycles. The Bertz CT molecular complexity index is 403. The summed E-state index contributed by atoms with van der Waals surface area (Å²) >= 11 is 3.53. The minimum Gasteiger partial charge on any atom is -0.493 e. The van der Waals surface area contributed by atoms with Crippen molar-refractivity contribution in [3.8, 4) is 5.75 Å². The van der Waals surface area contributed by atoms with Gasteiger partial charge >= 0.3 is 0 Å². The molecule has 1 N–H and O–H groups in total. The van der Waals surface area contributed by atoms with Gasteiger partial charge in [-0.25, -0.2) is 0 Å². The molecule has 0 saturated carbocycles. The number of nitrogens with one attached hydrogen (secondary N) is 1. The standard InChI is InChI=1S/C14H20BrNO2/c1-10-5-13(15)6-12(7-16-2)14(10)18-9-11-3-4-17-8-11/h5-6,11,16H,3-4,7-9H2,1-2H3. The molecule has 0 bridgehead atoms. The van der Waals surface area contributed by atoms with Gasteiger partial charge in [-0.2, -0.15) is 0 Å². The third-order valence-corrected chi connectivity index (χ3v) is 3.63. The monoisotopic (exact) mass is 313 g/mol. The van der Waals surface area contributed by atoms with Crippen LogP contribution in [-0.2, 0) is 11.3 Å². The van der Waals surface area contributed by atoms with E-state index < -0.39 is 0 Å². The highest BCUT2D eigenvalue weighted by Gasteiger charge is 2.17. The van der Waals surface area contributed by atoms with Gasteiger partial charge in [0.1, 0.15) is 5.75 Å². The van der Waals surface area contributed by atoms with Crippen LogP contribution in [0.3, 0.4) is 0 Å². The number of halogens is 1. The minimum atomic E-state index is 0.537. The zero-order chi connectivity index (χ0) is 13.0. The molecule has 18 heavy (non-hydrogen) atoms. The summed E-state index contributed by atoms with van der Waals surface area (Å²) in [7, 11) is 1.95. The predicted octanol–water partition coefficient (Wildman–Crippen LogP) is 2.89. The summed E-state index contributed by atoms with van der Waals surface area (Å²) in [6.07, 6.45) is 1.11. The number of hydrogen-bond acceptors (Lipinski definition) is 3. The predicted molar refractivity (Wildman–Crippen MR) is 76.1 cm³/mol. The molecule has 1 aliphatic rings. The molecule has 1 saturated heterocycles. The largest absolute Gasteiger partial charge is 0.493 e. The fourth-order valence-electron chi connectivity index (χ4n) is 2.24. The van der Waals surface area contributed by atoms with E-state index in [0.717, 1.165) is 43.0 Å². The van der Waals surface area contributed by atoms with E-state index in [-0.39, 0.29) is 0 Å². The summed E-state index contributed by atoms with van der Waals surface area (Å²) in [4.78, 5) is 0. The number of rotatable bonds is 5. The van der Waals surface area contributed by atoms with Gasteiger partial charge in [-0.05, 0) is 38.1 Å². The first kappa shape index (κ1) is 13.8. The highest BCUT2D eigenvalue weighted by Crippen LogP contribution is 2.29. The van der Waals surface area contributed by atoms with Crippen molar-refractivity contribution in [1.82, 2.24) is 5.32 Å². The first-order valence-corrected chi connectivity index (χ1v) is 7.14. The average molecular weight is 314 g/mol. The van der Waals surface area contributed by atoms with E-state index in [4.69, 9.17) is 9.47 Å². The molecule has 1 unspecified atom stereocenters. The van der Waals surface area contributed by atoms with Gasteiger partial charge in [0.2, 0.25) is 0 Å². The van der Waals surface area contributed by atoms with Gasteiger partial charge in [-0.1, -0.05) is 15.9 Å². The van der Waals surface area contributed by atoms with Gasteiger partial charge in [-0.3, -0.25) is 0 Å². The molecule has 3 nitrogen and oxygen atoms in total. The first-order valence-electron chi connectivity index (χ1n) is 6.35. The third kappa shape index (κ3) is 3.46. The summed E-state index contributed by atoms with van der Waals surface area (Å²) in [5.41, 5.74) is 2.37. The van der Waals surface area contributed by atoms with E-state index in [0.29, 0.717) is 5.92 Å². The average Bonchev–Trinajstić information content (AvgIpc) is 2.81. The van der Waals surface area contributed by atoms with Crippen molar-refractivity contribution in [3.05, 3.63) is 27.7 Å². The summed E-state index contributed by atoms with van der Waals surface area (Å²) in [5, 5.41) is 3.18. The van der Waals surface area contributed by atoms with Gasteiger partial charge in [0, 0.05) is 29.1 Å². The Labute approximate surface area is 117 Å². The summed E-state index contributed by atoms with van der Waals surface area (Å²) in [6.45, 7) is 5.36. The number of ether oxygens (including phenoxy) is 2. The lowest BCUT2D eigenvalue weighted by Crippen LogP contribution is -2.14. The molecular formula is C14H20BrNO2. The molecule has 0 amide bonds. The van der Waals surface area contributed by atoms with Crippen molar-refractivity contribution < 1.29 is 9.47 Å². The van der Waals surface area contributed by atoms with Crippen LogP contribution in [0.4, 0.5) is 0 Å². The van der Waals surface area contributed by atoms with Crippen molar-refractivity contribution in [2.24, 2.45) is 5.92 Å². The van der Waals surface area contributed by atoms with Crippen molar-refractivity contribution in [1.29, 1.82) is 0 Å². The Balaban J connectivity index is 2.09. The lowest BCUT2D eigenvalue weighted by atomic mass is 10.1. The van der Waals surface area contributed by atoms with Crippen molar-refractivity contribution in [2.45, 2.75) is 19.9 Å². The van der Waals surface area contributed by atoms with Crippen LogP contribution in [-0.4, -0.2) is 26.9 Å². The molecule has 1 fully saturated rings.